The number of anilines is 1. The number of alkyl halides is 3. The number of hydrogen-bond donors (Lipinski definition) is 2. The summed E-state index contributed by atoms with van der Waals surface area (Å²) in [5.41, 5.74) is 6.62. The number of aromatic nitrogens is 4. The Morgan fingerprint density at radius 2 is 2.00 bits per heavy atom. The first-order chi connectivity index (χ1) is 19.9. The summed E-state index contributed by atoms with van der Waals surface area (Å²) in [6, 6.07) is 1.89. The molecule has 2 aliphatic heterocycles. The molecule has 0 spiro atoms. The minimum absolute atomic E-state index is 0.0793. The van der Waals surface area contributed by atoms with Crippen LogP contribution in [0.25, 0.3) is 16.8 Å². The molecule has 0 saturated carbocycles. The minimum Gasteiger partial charge on any atom is -0.480 e. The van der Waals surface area contributed by atoms with Gasteiger partial charge in [0.25, 0.3) is 11.8 Å². The monoisotopic (exact) mass is 563 g/mol. The Bertz CT molecular complexity index is 1570. The molecule has 14 heteroatoms. The predicted molar refractivity (Wildman–Crippen MR) is 140 cm³/mol. The zero-order chi connectivity index (χ0) is 31.5. The number of fused-ring (bicyclic) bond motifs is 1. The van der Waals surface area contributed by atoms with E-state index in [0.717, 1.165) is 0 Å². The Labute approximate surface area is 232 Å². The van der Waals surface area contributed by atoms with Gasteiger partial charge in [-0.1, -0.05) is 20.8 Å². The molecule has 11 nitrogen and oxygen atoms in total. The highest BCUT2D eigenvalue weighted by atomic mass is 19.3. The van der Waals surface area contributed by atoms with Gasteiger partial charge in [0.15, 0.2) is 5.82 Å². The van der Waals surface area contributed by atoms with E-state index in [1.165, 1.54) is 32.9 Å². The lowest BCUT2D eigenvalue weighted by molar-refractivity contribution is -0.138. The molecule has 2 amide bonds. The molecule has 5 heterocycles. The van der Waals surface area contributed by atoms with Crippen LogP contribution >= 0.6 is 0 Å². The van der Waals surface area contributed by atoms with Crippen LogP contribution < -0.4 is 15.8 Å². The summed E-state index contributed by atoms with van der Waals surface area (Å²) in [5, 5.41) is 6.78. The van der Waals surface area contributed by atoms with E-state index in [1.54, 1.807) is 26.8 Å². The predicted octanol–water partition coefficient (Wildman–Crippen LogP) is 2.16. The van der Waals surface area contributed by atoms with Crippen molar-refractivity contribution in [3.63, 3.8) is 0 Å². The summed E-state index contributed by atoms with van der Waals surface area (Å²) in [4.78, 5) is 37.1. The maximum atomic E-state index is 15.0. The number of nitrogens with zero attached hydrogens (tertiary/aromatic N) is 6. The summed E-state index contributed by atoms with van der Waals surface area (Å²) in [6.07, 6.45) is 0.896. The lowest BCUT2D eigenvalue weighted by atomic mass is 9.95. The molecule has 3 aromatic rings. The number of carbonyl (C=O) groups excluding carboxylic acids is 2. The molecule has 0 aromatic carbocycles. The number of likely N-dealkylation sites (tertiary alicyclic amines) is 2. The third kappa shape index (κ3) is 5.15. The van der Waals surface area contributed by atoms with Crippen LogP contribution in [0.5, 0.6) is 5.88 Å². The first-order valence-corrected chi connectivity index (χ1v) is 12.6. The lowest BCUT2D eigenvalue weighted by Gasteiger charge is -2.38. The topological polar surface area (TPSA) is 131 Å². The van der Waals surface area contributed by atoms with Crippen molar-refractivity contribution < 1.29 is 31.6 Å². The number of hydrogen-bond acceptors (Lipinski definition) is 8. The summed E-state index contributed by atoms with van der Waals surface area (Å²) < 4.78 is 70.8. The summed E-state index contributed by atoms with van der Waals surface area (Å²) in [5.74, 6) is -4.35. The quantitative estimate of drug-likeness (QED) is 0.467. The molecule has 2 atom stereocenters. The Kier molecular flexibility index (Phi) is 5.92. The van der Waals surface area contributed by atoms with Crippen molar-refractivity contribution in [3.05, 3.63) is 35.8 Å². The highest BCUT2D eigenvalue weighted by Gasteiger charge is 2.44. The number of nitrogen functional groups attached to an aromatic ring is 1. The van der Waals surface area contributed by atoms with Crippen LogP contribution in [0, 0.1) is 5.41 Å². The molecule has 3 aromatic heterocycles. The molecule has 0 radical (unpaired) electrons. The molecular formula is C26H31F3N8O3. The van der Waals surface area contributed by atoms with Gasteiger partial charge in [-0.2, -0.15) is 5.10 Å². The van der Waals surface area contributed by atoms with Gasteiger partial charge in [0.2, 0.25) is 11.8 Å². The van der Waals surface area contributed by atoms with Gasteiger partial charge < -0.3 is 20.7 Å². The average molecular weight is 564 g/mol. The molecule has 40 heavy (non-hydrogen) atoms. The first kappa shape index (κ1) is 23.9. The molecular weight excluding hydrogens is 529 g/mol. The van der Waals surface area contributed by atoms with E-state index in [9.17, 15) is 22.8 Å². The van der Waals surface area contributed by atoms with Crippen molar-refractivity contribution in [2.24, 2.45) is 5.41 Å². The summed E-state index contributed by atoms with van der Waals surface area (Å²) in [6.45, 7) is 4.12. The van der Waals surface area contributed by atoms with Gasteiger partial charge in [-0.15, -0.1) is 0 Å². The molecule has 214 valence electrons. The van der Waals surface area contributed by atoms with Gasteiger partial charge in [-0.3, -0.25) is 14.5 Å². The lowest BCUT2D eigenvalue weighted by Crippen LogP contribution is -2.55. The highest BCUT2D eigenvalue weighted by Crippen LogP contribution is 2.34. The van der Waals surface area contributed by atoms with E-state index >= 15 is 0 Å². The van der Waals surface area contributed by atoms with E-state index < -0.39 is 55.5 Å². The van der Waals surface area contributed by atoms with E-state index in [2.05, 4.69) is 20.4 Å². The van der Waals surface area contributed by atoms with Gasteiger partial charge in [0, 0.05) is 30.3 Å². The maximum Gasteiger partial charge on any atom is 0.272 e. The highest BCUT2D eigenvalue weighted by molar-refractivity contribution is 5.98. The molecule has 2 saturated heterocycles. The van der Waals surface area contributed by atoms with E-state index in [0.29, 0.717) is 16.8 Å². The molecule has 0 unspecified atom stereocenters. The fourth-order valence-electron chi connectivity index (χ4n) is 5.05. The van der Waals surface area contributed by atoms with Crippen LogP contribution in [0.2, 0.25) is 0 Å². The Morgan fingerprint density at radius 1 is 1.25 bits per heavy atom. The third-order valence-electron chi connectivity index (χ3n) is 6.95. The standard InChI is InChI=1S/C26H31F3N8O3/c1-25(2,3)24(39)36-9-17(27)18(10-36)34-22(38)16-5-14(7-31-23(16)40-4)19-6-15(8-35-11-26(28,29)12-35)20-21(30)32-13-33-37(19)20/h5-7,13,17-18H,8-12H2,1-4H3,(H,34,38)(H2,30,32,33)/t17-,18+/m0/s1/i4D3. The van der Waals surface area contributed by atoms with Crippen LogP contribution in [0.4, 0.5) is 19.0 Å². The average Bonchev–Trinajstić information content (AvgIpc) is 3.42. The van der Waals surface area contributed by atoms with Crippen LogP contribution in [-0.2, 0) is 11.3 Å². The van der Waals surface area contributed by atoms with Gasteiger partial charge >= 0.3 is 0 Å². The zero-order valence-corrected chi connectivity index (χ0v) is 22.1. The number of amides is 2. The van der Waals surface area contributed by atoms with Crippen LogP contribution in [0.3, 0.4) is 0 Å². The van der Waals surface area contributed by atoms with Crippen LogP contribution in [-0.4, -0.2) is 92.5 Å². The fraction of sp³-hybridized carbons (Fsp3) is 0.500. The number of methoxy groups -OCH3 is 1. The normalized spacial score (nSPS) is 22.4. The van der Waals surface area contributed by atoms with Gasteiger partial charge in [-0.05, 0) is 17.7 Å². The maximum absolute atomic E-state index is 15.0. The number of rotatable bonds is 6. The smallest absolute Gasteiger partial charge is 0.272 e. The summed E-state index contributed by atoms with van der Waals surface area (Å²) >= 11 is 0. The second kappa shape index (κ2) is 9.91. The molecule has 3 N–H and O–H groups in total. The minimum atomic E-state index is -2.95. The molecule has 2 aliphatic rings. The second-order valence-corrected chi connectivity index (χ2v) is 11.2. The Morgan fingerprint density at radius 3 is 2.67 bits per heavy atom. The number of pyridine rings is 1. The van der Waals surface area contributed by atoms with Crippen molar-refractivity contribution in [1.82, 2.24) is 34.7 Å². The third-order valence-corrected chi connectivity index (χ3v) is 6.95. The van der Waals surface area contributed by atoms with Gasteiger partial charge in [0.05, 0.1) is 42.5 Å². The largest absolute Gasteiger partial charge is 0.480 e. The van der Waals surface area contributed by atoms with Crippen molar-refractivity contribution in [2.45, 2.75) is 45.5 Å². The number of nitrogens with one attached hydrogen (secondary N) is 1. The SMILES string of the molecule is [2H]C([2H])([2H])Oc1ncc(-c2cc(CN3CC(F)(F)C3)c3c(N)ncnn23)cc1C(=O)N[C@@H]1CN(C(=O)C(C)(C)C)C[C@@H]1F. The van der Waals surface area contributed by atoms with Crippen molar-refractivity contribution in [2.75, 3.05) is 39.0 Å². The first-order valence-electron chi connectivity index (χ1n) is 14.1. The van der Waals surface area contributed by atoms with E-state index in [1.807, 2.05) is 0 Å². The van der Waals surface area contributed by atoms with E-state index in [4.69, 9.17) is 14.6 Å². The van der Waals surface area contributed by atoms with Crippen molar-refractivity contribution in [1.29, 1.82) is 0 Å². The number of halogens is 3. The molecule has 2 fully saturated rings. The van der Waals surface area contributed by atoms with Crippen LogP contribution in [0.15, 0.2) is 24.7 Å². The zero-order valence-electron chi connectivity index (χ0n) is 25.1. The van der Waals surface area contributed by atoms with Crippen molar-refractivity contribution in [3.8, 4) is 17.1 Å². The summed E-state index contributed by atoms with van der Waals surface area (Å²) in [7, 11) is -2.95. The Balaban J connectivity index is 1.48. The Hall–Kier alpha value is -3.94. The molecule has 5 rings (SSSR count). The van der Waals surface area contributed by atoms with Crippen molar-refractivity contribution >= 4 is 23.1 Å². The van der Waals surface area contributed by atoms with Crippen LogP contribution in [0.1, 0.15) is 40.8 Å². The van der Waals surface area contributed by atoms with Gasteiger partial charge in [-0.25, -0.2) is 27.7 Å². The number of carbonyl (C=O) groups is 2. The van der Waals surface area contributed by atoms with Gasteiger partial charge in [0.1, 0.15) is 23.6 Å². The molecule has 0 bridgehead atoms. The molecule has 0 aliphatic carbocycles. The van der Waals surface area contributed by atoms with E-state index in [-0.39, 0.29) is 42.5 Å². The number of nitrogens with two attached hydrogens (primary N) is 1. The fourth-order valence-corrected chi connectivity index (χ4v) is 5.05. The second-order valence-electron chi connectivity index (χ2n) is 11.2. The number of ether oxygens (including phenoxy) is 1.